The Labute approximate surface area is 118 Å². The zero-order chi connectivity index (χ0) is 14.7. The van der Waals surface area contributed by atoms with Gasteiger partial charge in [-0.15, -0.1) is 0 Å². The van der Waals surface area contributed by atoms with Gasteiger partial charge >= 0.3 is 5.97 Å². The quantitative estimate of drug-likeness (QED) is 0.821. The lowest BCUT2D eigenvalue weighted by molar-refractivity contribution is -0.137. The molecular formula is C14H21N3O3. The Hall–Kier alpha value is -1.85. The summed E-state index contributed by atoms with van der Waals surface area (Å²) in [4.78, 5) is 29.1. The molecule has 110 valence electrons. The second kappa shape index (κ2) is 6.07. The molecule has 0 bridgehead atoms. The van der Waals surface area contributed by atoms with Crippen molar-refractivity contribution in [2.75, 3.05) is 11.4 Å². The molecule has 0 spiro atoms. The van der Waals surface area contributed by atoms with Crippen molar-refractivity contribution in [3.05, 3.63) is 22.7 Å². The second-order valence-corrected chi connectivity index (χ2v) is 5.48. The third-order valence-corrected chi connectivity index (χ3v) is 3.48. The normalized spacial score (nSPS) is 14.6. The molecule has 1 aromatic heterocycles. The van der Waals surface area contributed by atoms with E-state index in [1.54, 1.807) is 17.0 Å². The maximum atomic E-state index is 12.4. The van der Waals surface area contributed by atoms with Crippen LogP contribution in [0.3, 0.4) is 0 Å². The summed E-state index contributed by atoms with van der Waals surface area (Å²) >= 11 is 0. The van der Waals surface area contributed by atoms with Crippen molar-refractivity contribution in [2.24, 2.45) is 0 Å². The van der Waals surface area contributed by atoms with Gasteiger partial charge in [-0.25, -0.2) is 4.98 Å². The van der Waals surface area contributed by atoms with Crippen molar-refractivity contribution in [3.63, 3.8) is 0 Å². The molecule has 0 amide bonds. The molecule has 0 aliphatic heterocycles. The molecule has 0 aromatic carbocycles. The fourth-order valence-electron chi connectivity index (χ4n) is 2.26. The molecule has 1 aliphatic rings. The van der Waals surface area contributed by atoms with Gasteiger partial charge in [0, 0.05) is 37.4 Å². The topological polar surface area (TPSA) is 75.4 Å². The average Bonchev–Trinajstić information content (AvgIpc) is 3.19. The Morgan fingerprint density at radius 2 is 2.25 bits per heavy atom. The van der Waals surface area contributed by atoms with Gasteiger partial charge in [-0.2, -0.15) is 0 Å². The number of rotatable bonds is 7. The van der Waals surface area contributed by atoms with Crippen molar-refractivity contribution in [1.29, 1.82) is 0 Å². The number of carboxylic acid groups (broad SMARTS) is 1. The predicted molar refractivity (Wildman–Crippen MR) is 76.1 cm³/mol. The van der Waals surface area contributed by atoms with Crippen LogP contribution < -0.4 is 10.5 Å². The highest BCUT2D eigenvalue weighted by molar-refractivity contribution is 5.66. The Morgan fingerprint density at radius 1 is 1.55 bits per heavy atom. The molecule has 1 saturated carbocycles. The minimum atomic E-state index is -0.815. The van der Waals surface area contributed by atoms with E-state index in [4.69, 9.17) is 5.11 Å². The third kappa shape index (κ3) is 3.37. The first kappa shape index (κ1) is 14.6. The van der Waals surface area contributed by atoms with Crippen LogP contribution in [0.5, 0.6) is 0 Å². The van der Waals surface area contributed by atoms with Crippen molar-refractivity contribution in [1.82, 2.24) is 9.55 Å². The minimum Gasteiger partial charge on any atom is -0.481 e. The molecule has 0 atom stereocenters. The standard InChI is InChI=1S/C14H21N3O3/c1-10(2)16(8-3-4-12(18)19)13-14(20)17(9-7-15-13)11-5-6-11/h7,9-11H,3-6,8H2,1-2H3,(H,18,19). The SMILES string of the molecule is CC(C)N(CCCC(=O)O)c1nccn(C2CC2)c1=O. The maximum Gasteiger partial charge on any atom is 0.303 e. The van der Waals surface area contributed by atoms with E-state index in [9.17, 15) is 9.59 Å². The lowest BCUT2D eigenvalue weighted by atomic mass is 10.2. The molecule has 20 heavy (non-hydrogen) atoms. The van der Waals surface area contributed by atoms with Crippen molar-refractivity contribution >= 4 is 11.8 Å². The Morgan fingerprint density at radius 3 is 2.80 bits per heavy atom. The number of hydrogen-bond donors (Lipinski definition) is 1. The molecule has 1 aliphatic carbocycles. The first-order valence-electron chi connectivity index (χ1n) is 7.06. The molecule has 0 unspecified atom stereocenters. The lowest BCUT2D eigenvalue weighted by Gasteiger charge is -2.27. The summed E-state index contributed by atoms with van der Waals surface area (Å²) in [6.45, 7) is 4.49. The molecular weight excluding hydrogens is 258 g/mol. The Balaban J connectivity index is 2.18. The molecule has 1 aromatic rings. The summed E-state index contributed by atoms with van der Waals surface area (Å²) in [5.41, 5.74) is -0.0703. The first-order valence-corrected chi connectivity index (χ1v) is 7.06. The largest absolute Gasteiger partial charge is 0.481 e. The molecule has 6 nitrogen and oxygen atoms in total. The smallest absolute Gasteiger partial charge is 0.303 e. The van der Waals surface area contributed by atoms with Gasteiger partial charge in [0.1, 0.15) is 0 Å². The van der Waals surface area contributed by atoms with E-state index >= 15 is 0 Å². The van der Waals surface area contributed by atoms with Gasteiger partial charge in [0.25, 0.3) is 5.56 Å². The predicted octanol–water partition coefficient (Wildman–Crippen LogP) is 1.66. The van der Waals surface area contributed by atoms with Crippen LogP contribution >= 0.6 is 0 Å². The van der Waals surface area contributed by atoms with E-state index in [1.807, 2.05) is 18.7 Å². The van der Waals surface area contributed by atoms with Gasteiger partial charge < -0.3 is 14.6 Å². The molecule has 1 fully saturated rings. The van der Waals surface area contributed by atoms with Crippen molar-refractivity contribution in [2.45, 2.75) is 51.6 Å². The van der Waals surface area contributed by atoms with Gasteiger partial charge in [0.2, 0.25) is 0 Å². The van der Waals surface area contributed by atoms with Crippen LogP contribution in [0.4, 0.5) is 5.82 Å². The number of carbonyl (C=O) groups is 1. The van der Waals surface area contributed by atoms with Crippen LogP contribution in [0.2, 0.25) is 0 Å². The average molecular weight is 279 g/mol. The van der Waals surface area contributed by atoms with Gasteiger partial charge in [-0.1, -0.05) is 0 Å². The van der Waals surface area contributed by atoms with E-state index in [0.29, 0.717) is 24.8 Å². The number of nitrogens with zero attached hydrogens (tertiary/aromatic N) is 3. The highest BCUT2D eigenvalue weighted by Gasteiger charge is 2.26. The summed E-state index contributed by atoms with van der Waals surface area (Å²) < 4.78 is 1.74. The van der Waals surface area contributed by atoms with Crippen molar-refractivity contribution < 1.29 is 9.90 Å². The van der Waals surface area contributed by atoms with E-state index < -0.39 is 5.97 Å². The highest BCUT2D eigenvalue weighted by Crippen LogP contribution is 2.33. The van der Waals surface area contributed by atoms with E-state index in [1.165, 1.54) is 0 Å². The Kier molecular flexibility index (Phi) is 4.42. The summed E-state index contributed by atoms with van der Waals surface area (Å²) in [6, 6.07) is 0.427. The van der Waals surface area contributed by atoms with Gasteiger partial charge in [0.05, 0.1) is 0 Å². The summed E-state index contributed by atoms with van der Waals surface area (Å²) in [7, 11) is 0. The fraction of sp³-hybridized carbons (Fsp3) is 0.643. The third-order valence-electron chi connectivity index (χ3n) is 3.48. The van der Waals surface area contributed by atoms with Crippen LogP contribution in [-0.4, -0.2) is 33.2 Å². The van der Waals surface area contributed by atoms with Crippen LogP contribution in [-0.2, 0) is 4.79 Å². The number of aromatic nitrogens is 2. The van der Waals surface area contributed by atoms with Gasteiger partial charge in [-0.3, -0.25) is 9.59 Å². The fourth-order valence-corrected chi connectivity index (χ4v) is 2.26. The second-order valence-electron chi connectivity index (χ2n) is 5.48. The van der Waals surface area contributed by atoms with Crippen LogP contribution in [0, 0.1) is 0 Å². The van der Waals surface area contributed by atoms with Crippen LogP contribution in [0.25, 0.3) is 0 Å². The maximum absolute atomic E-state index is 12.4. The van der Waals surface area contributed by atoms with Crippen LogP contribution in [0.1, 0.15) is 45.6 Å². The van der Waals surface area contributed by atoms with Crippen molar-refractivity contribution in [3.8, 4) is 0 Å². The molecule has 0 saturated heterocycles. The summed E-state index contributed by atoms with van der Waals surface area (Å²) in [5, 5.41) is 8.72. The van der Waals surface area contributed by atoms with Gasteiger partial charge in [-0.05, 0) is 33.1 Å². The minimum absolute atomic E-state index is 0.0703. The highest BCUT2D eigenvalue weighted by atomic mass is 16.4. The molecule has 1 N–H and O–H groups in total. The summed E-state index contributed by atoms with van der Waals surface area (Å²) in [5.74, 6) is -0.384. The number of anilines is 1. The van der Waals surface area contributed by atoms with Gasteiger partial charge in [0.15, 0.2) is 5.82 Å². The Bertz CT molecular complexity index is 535. The molecule has 0 radical (unpaired) electrons. The molecule has 1 heterocycles. The first-order chi connectivity index (χ1) is 9.50. The van der Waals surface area contributed by atoms with E-state index in [-0.39, 0.29) is 18.0 Å². The number of carboxylic acids is 1. The number of aliphatic carboxylic acids is 1. The zero-order valence-electron chi connectivity index (χ0n) is 12.0. The number of hydrogen-bond acceptors (Lipinski definition) is 4. The monoisotopic (exact) mass is 279 g/mol. The molecule has 2 rings (SSSR count). The van der Waals surface area contributed by atoms with E-state index in [0.717, 1.165) is 12.8 Å². The molecule has 6 heteroatoms. The van der Waals surface area contributed by atoms with Crippen LogP contribution in [0.15, 0.2) is 17.2 Å². The van der Waals surface area contributed by atoms with E-state index in [2.05, 4.69) is 4.98 Å². The zero-order valence-corrected chi connectivity index (χ0v) is 12.0. The lowest BCUT2D eigenvalue weighted by Crippen LogP contribution is -2.38. The summed E-state index contributed by atoms with van der Waals surface area (Å²) in [6.07, 6.45) is 6.09.